The Morgan fingerprint density at radius 1 is 1.26 bits per heavy atom. The number of carboxylic acids is 1. The van der Waals surface area contributed by atoms with Crippen molar-refractivity contribution >= 4 is 23.7 Å². The number of carbonyl (C=O) groups is 4. The van der Waals surface area contributed by atoms with Gasteiger partial charge in [0.1, 0.15) is 18.1 Å². The van der Waals surface area contributed by atoms with E-state index in [1.807, 2.05) is 13.8 Å². The van der Waals surface area contributed by atoms with Crippen molar-refractivity contribution in [2.75, 3.05) is 6.54 Å². The van der Waals surface area contributed by atoms with Crippen molar-refractivity contribution in [3.63, 3.8) is 0 Å². The lowest BCUT2D eigenvalue weighted by Crippen LogP contribution is -2.57. The van der Waals surface area contributed by atoms with E-state index in [0.717, 1.165) is 0 Å². The molecule has 31 heavy (non-hydrogen) atoms. The molecule has 0 aromatic carbocycles. The predicted molar refractivity (Wildman–Crippen MR) is 112 cm³/mol. The Bertz CT molecular complexity index is 781. The summed E-state index contributed by atoms with van der Waals surface area (Å²) >= 11 is 0. The van der Waals surface area contributed by atoms with Gasteiger partial charge in [0.25, 0.3) is 0 Å². The second-order valence-electron chi connectivity index (χ2n) is 8.34. The molecule has 0 bridgehead atoms. The first-order valence-electron chi connectivity index (χ1n) is 10.5. The summed E-state index contributed by atoms with van der Waals surface area (Å²) in [5.74, 6) is -2.34. The van der Waals surface area contributed by atoms with Gasteiger partial charge in [-0.25, -0.2) is 9.78 Å². The third kappa shape index (κ3) is 6.78. The number of hydrogen-bond acceptors (Lipinski definition) is 6. The van der Waals surface area contributed by atoms with Gasteiger partial charge in [-0.2, -0.15) is 0 Å². The van der Waals surface area contributed by atoms with Crippen molar-refractivity contribution < 1.29 is 24.3 Å². The topological polar surface area (TPSA) is 171 Å². The monoisotopic (exact) mass is 436 g/mol. The summed E-state index contributed by atoms with van der Waals surface area (Å²) in [6, 6.07) is -3.58. The lowest BCUT2D eigenvalue weighted by atomic mass is 10.0. The van der Waals surface area contributed by atoms with Gasteiger partial charge in [-0.05, 0) is 32.1 Å². The molecule has 0 saturated carbocycles. The van der Waals surface area contributed by atoms with E-state index >= 15 is 0 Å². The summed E-state index contributed by atoms with van der Waals surface area (Å²) in [5.41, 5.74) is 6.47. The maximum Gasteiger partial charge on any atom is 0.326 e. The van der Waals surface area contributed by atoms with Crippen molar-refractivity contribution in [3.05, 3.63) is 18.2 Å². The number of aromatic nitrogens is 2. The first-order chi connectivity index (χ1) is 14.6. The number of aromatic amines is 1. The van der Waals surface area contributed by atoms with Crippen LogP contribution in [-0.2, 0) is 25.6 Å². The molecule has 1 fully saturated rings. The number of carboxylic acid groups (broad SMARTS) is 1. The fourth-order valence-electron chi connectivity index (χ4n) is 3.60. The fourth-order valence-corrected chi connectivity index (χ4v) is 3.60. The number of carbonyl (C=O) groups excluding carboxylic acids is 3. The number of H-pyrrole nitrogens is 1. The maximum atomic E-state index is 13.1. The summed E-state index contributed by atoms with van der Waals surface area (Å²) in [5, 5.41) is 14.6. The number of likely N-dealkylation sites (tertiary alicyclic amines) is 1. The lowest BCUT2D eigenvalue weighted by Gasteiger charge is -2.28. The summed E-state index contributed by atoms with van der Waals surface area (Å²) < 4.78 is 0. The van der Waals surface area contributed by atoms with Gasteiger partial charge < -0.3 is 31.4 Å². The van der Waals surface area contributed by atoms with Crippen LogP contribution in [0.1, 0.15) is 45.7 Å². The van der Waals surface area contributed by atoms with E-state index in [1.54, 1.807) is 0 Å². The zero-order valence-electron chi connectivity index (χ0n) is 18.1. The number of amides is 3. The molecule has 1 aliphatic rings. The second kappa shape index (κ2) is 10.9. The smallest absolute Gasteiger partial charge is 0.326 e. The molecule has 1 saturated heterocycles. The van der Waals surface area contributed by atoms with E-state index in [-0.39, 0.29) is 12.3 Å². The molecule has 11 nitrogen and oxygen atoms in total. The van der Waals surface area contributed by atoms with Crippen LogP contribution in [0.5, 0.6) is 0 Å². The number of rotatable bonds is 10. The highest BCUT2D eigenvalue weighted by Crippen LogP contribution is 2.19. The molecule has 2 rings (SSSR count). The van der Waals surface area contributed by atoms with Crippen molar-refractivity contribution in [3.8, 4) is 0 Å². The normalized spacial score (nSPS) is 19.0. The Labute approximate surface area is 181 Å². The molecule has 3 amide bonds. The summed E-state index contributed by atoms with van der Waals surface area (Å²) in [6.45, 7) is 5.69. The minimum atomic E-state index is -1.07. The summed E-state index contributed by atoms with van der Waals surface area (Å²) in [6.07, 6.45) is 4.52. The Hall–Kier alpha value is -2.95. The van der Waals surface area contributed by atoms with E-state index in [2.05, 4.69) is 20.6 Å². The standard InChI is InChI=1S/C20H32N6O5/c1-11(2)7-14(21)18(28)24-12(3)17(27)25-15(8-13-9-22-10-23-13)19(29)26-6-4-5-16(26)20(30)31/h9-12,14-16H,4-8,21H2,1-3H3,(H,22,23)(H,24,28)(H,25,27)(H,30,31). The van der Waals surface area contributed by atoms with E-state index < -0.39 is 47.9 Å². The minimum absolute atomic E-state index is 0.112. The molecule has 0 spiro atoms. The quantitative estimate of drug-likeness (QED) is 0.326. The van der Waals surface area contributed by atoms with Gasteiger partial charge in [-0.1, -0.05) is 13.8 Å². The minimum Gasteiger partial charge on any atom is -0.480 e. The number of nitrogens with one attached hydrogen (secondary N) is 3. The molecule has 4 atom stereocenters. The van der Waals surface area contributed by atoms with Gasteiger partial charge in [0.15, 0.2) is 0 Å². The van der Waals surface area contributed by atoms with E-state index in [9.17, 15) is 24.3 Å². The van der Waals surface area contributed by atoms with Crippen LogP contribution in [0.25, 0.3) is 0 Å². The maximum absolute atomic E-state index is 13.1. The average Bonchev–Trinajstić information content (AvgIpc) is 3.38. The van der Waals surface area contributed by atoms with Crippen molar-refractivity contribution in [2.24, 2.45) is 11.7 Å². The molecular formula is C20H32N6O5. The predicted octanol–water partition coefficient (Wildman–Crippen LogP) is -0.609. The molecule has 1 aromatic rings. The van der Waals surface area contributed by atoms with Gasteiger partial charge in [-0.3, -0.25) is 14.4 Å². The number of nitrogens with two attached hydrogens (primary N) is 1. The van der Waals surface area contributed by atoms with E-state index in [4.69, 9.17) is 5.73 Å². The molecule has 4 unspecified atom stereocenters. The molecular weight excluding hydrogens is 404 g/mol. The molecule has 1 aliphatic heterocycles. The Kier molecular flexibility index (Phi) is 8.55. The number of imidazole rings is 1. The van der Waals surface area contributed by atoms with Crippen LogP contribution < -0.4 is 16.4 Å². The summed E-state index contributed by atoms with van der Waals surface area (Å²) in [4.78, 5) is 57.6. The zero-order valence-corrected chi connectivity index (χ0v) is 18.1. The number of hydrogen-bond donors (Lipinski definition) is 5. The van der Waals surface area contributed by atoms with Crippen LogP contribution in [0.2, 0.25) is 0 Å². The molecule has 0 radical (unpaired) electrons. The Morgan fingerprint density at radius 2 is 1.97 bits per heavy atom. The molecule has 1 aromatic heterocycles. The molecule has 6 N–H and O–H groups in total. The van der Waals surface area contributed by atoms with Gasteiger partial charge in [0.05, 0.1) is 12.4 Å². The molecule has 172 valence electrons. The van der Waals surface area contributed by atoms with Crippen LogP contribution in [-0.4, -0.2) is 74.4 Å². The first-order valence-corrected chi connectivity index (χ1v) is 10.5. The summed E-state index contributed by atoms with van der Waals surface area (Å²) in [7, 11) is 0. The third-order valence-electron chi connectivity index (χ3n) is 5.23. The van der Waals surface area contributed by atoms with E-state index in [0.29, 0.717) is 31.5 Å². The highest BCUT2D eigenvalue weighted by molar-refractivity contribution is 5.94. The Morgan fingerprint density at radius 3 is 2.55 bits per heavy atom. The second-order valence-corrected chi connectivity index (χ2v) is 8.34. The molecule has 2 heterocycles. The molecule has 11 heteroatoms. The first kappa shape index (κ1) is 24.3. The van der Waals surface area contributed by atoms with Crippen LogP contribution in [0.3, 0.4) is 0 Å². The van der Waals surface area contributed by atoms with Crippen LogP contribution >= 0.6 is 0 Å². The zero-order chi connectivity index (χ0) is 23.1. The third-order valence-corrected chi connectivity index (χ3v) is 5.23. The average molecular weight is 437 g/mol. The van der Waals surface area contributed by atoms with Gasteiger partial charge in [-0.15, -0.1) is 0 Å². The SMILES string of the molecule is CC(C)CC(N)C(=O)NC(C)C(=O)NC(Cc1cnc[nH]1)C(=O)N1CCCC1C(=O)O. The Balaban J connectivity index is 2.08. The highest BCUT2D eigenvalue weighted by atomic mass is 16.4. The van der Waals surface area contributed by atoms with E-state index in [1.165, 1.54) is 24.3 Å². The lowest BCUT2D eigenvalue weighted by molar-refractivity contribution is -0.149. The molecule has 0 aliphatic carbocycles. The van der Waals surface area contributed by atoms with Crippen LogP contribution in [0.4, 0.5) is 0 Å². The fraction of sp³-hybridized carbons (Fsp3) is 0.650. The van der Waals surface area contributed by atoms with Crippen LogP contribution in [0, 0.1) is 5.92 Å². The van der Waals surface area contributed by atoms with Gasteiger partial charge in [0, 0.05) is 24.9 Å². The van der Waals surface area contributed by atoms with Gasteiger partial charge >= 0.3 is 5.97 Å². The van der Waals surface area contributed by atoms with Crippen molar-refractivity contribution in [1.82, 2.24) is 25.5 Å². The van der Waals surface area contributed by atoms with Crippen molar-refractivity contribution in [1.29, 1.82) is 0 Å². The number of aliphatic carboxylic acids is 1. The largest absolute Gasteiger partial charge is 0.480 e. The van der Waals surface area contributed by atoms with Gasteiger partial charge in [0.2, 0.25) is 17.7 Å². The van der Waals surface area contributed by atoms with Crippen LogP contribution in [0.15, 0.2) is 12.5 Å². The van der Waals surface area contributed by atoms with Crippen molar-refractivity contribution in [2.45, 2.75) is 70.6 Å². The number of nitrogens with zero attached hydrogens (tertiary/aromatic N) is 2. The highest BCUT2D eigenvalue weighted by Gasteiger charge is 2.38.